The van der Waals surface area contributed by atoms with Crippen LogP contribution in [0.3, 0.4) is 0 Å². The Balaban J connectivity index is 2.64. The molecule has 5 nitrogen and oxygen atoms in total. The van der Waals surface area contributed by atoms with Crippen LogP contribution in [0.1, 0.15) is 16.7 Å². The Labute approximate surface area is 186 Å². The topological polar surface area (TPSA) is 94.8 Å². The van der Waals surface area contributed by atoms with Crippen LogP contribution in [-0.2, 0) is 14.9 Å². The molecular formula is C19H12Cl4O5S. The summed E-state index contributed by atoms with van der Waals surface area (Å²) in [5.41, 5.74) is -0.463. The zero-order chi connectivity index (χ0) is 21.6. The van der Waals surface area contributed by atoms with E-state index in [9.17, 15) is 23.2 Å². The van der Waals surface area contributed by atoms with E-state index in [1.807, 2.05) is 0 Å². The molecule has 0 bridgehead atoms. The molecule has 29 heavy (non-hydrogen) atoms. The predicted molar refractivity (Wildman–Crippen MR) is 114 cm³/mol. The molecule has 3 aromatic rings. The summed E-state index contributed by atoms with van der Waals surface area (Å²) in [6, 6.07) is 12.0. The summed E-state index contributed by atoms with van der Waals surface area (Å²) >= 11 is 24.6. The second-order valence-electron chi connectivity index (χ2n) is 6.09. The molecule has 0 heterocycles. The van der Waals surface area contributed by atoms with Gasteiger partial charge < -0.3 is 10.2 Å². The summed E-state index contributed by atoms with van der Waals surface area (Å²) in [7, 11) is -5.09. The summed E-state index contributed by atoms with van der Waals surface area (Å²) in [6.45, 7) is 0. The van der Waals surface area contributed by atoms with Gasteiger partial charge in [0, 0.05) is 15.6 Å². The van der Waals surface area contributed by atoms with Gasteiger partial charge in [-0.05, 0) is 41.5 Å². The molecule has 0 amide bonds. The number of hydrogen-bond donors (Lipinski definition) is 3. The van der Waals surface area contributed by atoms with E-state index in [-0.39, 0.29) is 37.5 Å². The first-order valence-electron chi connectivity index (χ1n) is 7.89. The molecule has 0 aliphatic rings. The van der Waals surface area contributed by atoms with Crippen LogP contribution in [0.2, 0.25) is 20.1 Å². The van der Waals surface area contributed by atoms with Crippen molar-refractivity contribution in [1.29, 1.82) is 0 Å². The lowest BCUT2D eigenvalue weighted by atomic mass is 9.83. The van der Waals surface area contributed by atoms with Crippen molar-refractivity contribution < 1.29 is 23.2 Å². The first-order chi connectivity index (χ1) is 13.5. The summed E-state index contributed by atoms with van der Waals surface area (Å²) < 4.78 is 34.0. The van der Waals surface area contributed by atoms with Crippen LogP contribution in [0.5, 0.6) is 11.5 Å². The predicted octanol–water partition coefficient (Wildman–Crippen LogP) is 5.89. The lowest BCUT2D eigenvalue weighted by Crippen LogP contribution is -2.39. The lowest BCUT2D eigenvalue weighted by Gasteiger charge is -2.34. The normalized spacial score (nSPS) is 13.8. The van der Waals surface area contributed by atoms with Crippen molar-refractivity contribution in [2.75, 3.05) is 0 Å². The molecule has 0 aromatic heterocycles. The molecule has 152 valence electrons. The number of benzene rings is 3. The molecule has 10 heteroatoms. The van der Waals surface area contributed by atoms with Crippen LogP contribution < -0.4 is 0 Å². The molecule has 0 saturated heterocycles. The minimum atomic E-state index is -5.09. The van der Waals surface area contributed by atoms with Gasteiger partial charge in [0.25, 0.3) is 10.1 Å². The second-order valence-corrected chi connectivity index (χ2v) is 9.29. The third-order valence-electron chi connectivity index (χ3n) is 4.37. The van der Waals surface area contributed by atoms with Crippen molar-refractivity contribution in [3.8, 4) is 11.5 Å². The number of aromatic hydroxyl groups is 2. The van der Waals surface area contributed by atoms with Gasteiger partial charge in [-0.1, -0.05) is 70.7 Å². The maximum atomic E-state index is 13.0. The fourth-order valence-electron chi connectivity index (χ4n) is 3.22. The van der Waals surface area contributed by atoms with Crippen molar-refractivity contribution in [2.24, 2.45) is 0 Å². The summed E-state index contributed by atoms with van der Waals surface area (Å²) in [5, 5.41) is 19.5. The third-order valence-corrected chi connectivity index (χ3v) is 7.01. The molecule has 0 radical (unpaired) electrons. The van der Waals surface area contributed by atoms with E-state index in [1.165, 1.54) is 42.5 Å². The van der Waals surface area contributed by atoms with Crippen molar-refractivity contribution in [1.82, 2.24) is 0 Å². The van der Waals surface area contributed by atoms with Crippen LogP contribution in [0.4, 0.5) is 0 Å². The Kier molecular flexibility index (Phi) is 5.98. The second kappa shape index (κ2) is 7.87. The Morgan fingerprint density at radius 3 is 1.93 bits per heavy atom. The van der Waals surface area contributed by atoms with Gasteiger partial charge in [0.2, 0.25) is 0 Å². The SMILES string of the molecule is O=S(=O)(O)C(c1cccc(O)c1)(c1cccc(Cl)c1)c1c(Cl)cc(Cl)c(O)c1Cl. The molecule has 3 rings (SSSR count). The highest BCUT2D eigenvalue weighted by atomic mass is 35.5. The summed E-state index contributed by atoms with van der Waals surface area (Å²) in [6.07, 6.45) is 0. The summed E-state index contributed by atoms with van der Waals surface area (Å²) in [4.78, 5) is 0. The van der Waals surface area contributed by atoms with Gasteiger partial charge >= 0.3 is 0 Å². The number of phenolic OH excluding ortho intramolecular Hbond substituents is 2. The number of rotatable bonds is 4. The van der Waals surface area contributed by atoms with E-state index in [0.717, 1.165) is 12.1 Å². The molecule has 3 N–H and O–H groups in total. The van der Waals surface area contributed by atoms with Gasteiger partial charge in [-0.3, -0.25) is 4.55 Å². The first-order valence-corrected chi connectivity index (χ1v) is 10.8. The van der Waals surface area contributed by atoms with Crippen molar-refractivity contribution in [2.45, 2.75) is 4.75 Å². The highest BCUT2D eigenvalue weighted by molar-refractivity contribution is 7.87. The van der Waals surface area contributed by atoms with E-state index < -0.39 is 25.6 Å². The quantitative estimate of drug-likeness (QED) is 0.311. The fraction of sp³-hybridized carbons (Fsp3) is 0.0526. The number of halogens is 4. The van der Waals surface area contributed by atoms with E-state index >= 15 is 0 Å². The van der Waals surface area contributed by atoms with Crippen molar-refractivity contribution >= 4 is 56.5 Å². The van der Waals surface area contributed by atoms with Crippen LogP contribution in [0.15, 0.2) is 54.6 Å². The van der Waals surface area contributed by atoms with Crippen LogP contribution in [0, 0.1) is 0 Å². The molecule has 1 atom stereocenters. The van der Waals surface area contributed by atoms with Crippen LogP contribution in [0.25, 0.3) is 0 Å². The van der Waals surface area contributed by atoms with E-state index in [0.29, 0.717) is 0 Å². The highest BCUT2D eigenvalue weighted by Crippen LogP contribution is 2.53. The molecule has 3 aromatic carbocycles. The lowest BCUT2D eigenvalue weighted by molar-refractivity contribution is 0.455. The summed E-state index contributed by atoms with van der Waals surface area (Å²) in [5.74, 6) is -0.897. The van der Waals surface area contributed by atoms with E-state index in [2.05, 4.69) is 0 Å². The van der Waals surface area contributed by atoms with Gasteiger partial charge in [-0.25, -0.2) is 0 Å². The smallest absolute Gasteiger partial charge is 0.283 e. The van der Waals surface area contributed by atoms with Gasteiger partial charge in [0.05, 0.1) is 10.0 Å². The first kappa shape index (κ1) is 22.0. The van der Waals surface area contributed by atoms with Gasteiger partial charge in [-0.2, -0.15) is 8.42 Å². The molecular weight excluding hydrogens is 482 g/mol. The van der Waals surface area contributed by atoms with Crippen molar-refractivity contribution in [3.63, 3.8) is 0 Å². The molecule has 0 fully saturated rings. The monoisotopic (exact) mass is 492 g/mol. The Morgan fingerprint density at radius 1 is 0.793 bits per heavy atom. The van der Waals surface area contributed by atoms with E-state index in [4.69, 9.17) is 46.4 Å². The third kappa shape index (κ3) is 3.65. The Hall–Kier alpha value is -1.67. The standard InChI is InChI=1S/C19H12Cl4O5S/c20-12-5-1-3-10(7-12)19(29(26,27)28,11-4-2-6-13(24)8-11)16-14(21)9-15(22)18(25)17(16)23/h1-9,24-25H,(H,26,27,28). The minimum Gasteiger partial charge on any atom is -0.508 e. The largest absolute Gasteiger partial charge is 0.508 e. The Bertz CT molecular complexity index is 1170. The van der Waals surface area contributed by atoms with Gasteiger partial charge in [0.1, 0.15) is 5.75 Å². The maximum Gasteiger partial charge on any atom is 0.283 e. The number of hydrogen-bond acceptors (Lipinski definition) is 4. The molecule has 0 saturated carbocycles. The zero-order valence-electron chi connectivity index (χ0n) is 14.3. The Morgan fingerprint density at radius 2 is 1.38 bits per heavy atom. The molecule has 0 aliphatic heterocycles. The molecule has 0 spiro atoms. The maximum absolute atomic E-state index is 13.0. The van der Waals surface area contributed by atoms with Crippen molar-refractivity contribution in [3.05, 3.63) is 91.4 Å². The van der Waals surface area contributed by atoms with Crippen LogP contribution in [-0.4, -0.2) is 23.2 Å². The van der Waals surface area contributed by atoms with Gasteiger partial charge in [-0.15, -0.1) is 0 Å². The zero-order valence-corrected chi connectivity index (χ0v) is 18.1. The average molecular weight is 494 g/mol. The fourth-order valence-corrected chi connectivity index (χ4v) is 5.89. The minimum absolute atomic E-state index is 0.0244. The van der Waals surface area contributed by atoms with Crippen LogP contribution >= 0.6 is 46.4 Å². The highest BCUT2D eigenvalue weighted by Gasteiger charge is 2.51. The average Bonchev–Trinajstić information content (AvgIpc) is 2.62. The molecule has 1 unspecified atom stereocenters. The van der Waals surface area contributed by atoms with E-state index in [1.54, 1.807) is 0 Å². The number of phenols is 2. The molecule has 0 aliphatic carbocycles. The van der Waals surface area contributed by atoms with Gasteiger partial charge in [0.15, 0.2) is 10.5 Å².